The van der Waals surface area contributed by atoms with E-state index in [1.165, 1.54) is 12.0 Å². The highest BCUT2D eigenvalue weighted by molar-refractivity contribution is 6.69. The first kappa shape index (κ1) is 58.4. The molecule has 2 unspecified atom stereocenters. The maximum Gasteiger partial charge on any atom is 0.329 e. The van der Waals surface area contributed by atoms with Crippen LogP contribution in [0.15, 0.2) is 47.6 Å². The van der Waals surface area contributed by atoms with Gasteiger partial charge in [-0.1, -0.05) is 71.1 Å². The summed E-state index contributed by atoms with van der Waals surface area (Å²) in [7, 11) is 2.84. The number of esters is 1. The molecule has 1 saturated carbocycles. The normalized spacial score (nSPS) is 37.8. The Hall–Kier alpha value is -3.15. The van der Waals surface area contributed by atoms with Crippen LogP contribution >= 0.6 is 0 Å². The summed E-state index contributed by atoms with van der Waals surface area (Å²) in [6.07, 6.45) is 12.8. The first-order chi connectivity index (χ1) is 32.4. The van der Waals surface area contributed by atoms with Gasteiger partial charge in [0.15, 0.2) is 14.1 Å². The van der Waals surface area contributed by atoms with Gasteiger partial charge in [0.2, 0.25) is 5.79 Å². The van der Waals surface area contributed by atoms with E-state index in [-0.39, 0.29) is 60.9 Å². The molecule has 3 aliphatic heterocycles. The zero-order chi connectivity index (χ0) is 51.4. The third-order valence-electron chi connectivity index (χ3n) is 15.0. The number of hydrogen-bond acceptors (Lipinski definition) is 13. The molecule has 0 aromatic heterocycles. The highest BCUT2D eigenvalue weighted by Crippen LogP contribution is 2.38. The Morgan fingerprint density at radius 2 is 1.55 bits per heavy atom. The standard InChI is InChI=1S/C54H87NO13Si/c1-33-19-15-14-16-20-34(2)45(63-8)31-41-24-22-39(7)54(62,67-41)51(59)52(60)55-26-18-17-21-42(55)53(61)66-46(36(4)29-40-23-25-44(47(30-40)64-9)68-69(11,12)13)32-43(56)35(3)28-38(6)49(58)50(65-10)48(57)37(5)27-33/h14-16,19-20,28,33,35-37,39-42,44-47,49-50,58,62H,17-18,21-27,29-32H2,1-13H3/b16-14?,19-15+,34-20?,38-28+/t33-,35-,36-,37-,39-,40+,41+,42?,44-,45+,46?,47-,49-,50+,54-/m1/s1. The molecular weight excluding hydrogens is 899 g/mol. The van der Waals surface area contributed by atoms with Gasteiger partial charge in [-0.2, -0.15) is 0 Å². The molecule has 0 spiro atoms. The SMILES string of the molecule is CO[C@H]1C[C@@H]2CC[C@@H](C)[C@@](O)(O2)C(=O)C(=O)N2CCCCC2C(=O)OC([C@H](C)C[C@@H]2CC[C@@H](O[Si](C)(C)C)[C@H](OC)C2)CC(=O)[C@H](C)/C=C(\C)[C@@H](O)[C@@H](OC)C(=O)[C@H](C)C[C@H](C)/C=C/C=CC=C1C. The van der Waals surface area contributed by atoms with E-state index in [1.54, 1.807) is 41.1 Å². The molecule has 1 aliphatic carbocycles. The van der Waals surface area contributed by atoms with E-state index in [2.05, 4.69) is 19.6 Å². The molecule has 4 aliphatic rings. The van der Waals surface area contributed by atoms with Gasteiger partial charge in [0.1, 0.15) is 30.1 Å². The quantitative estimate of drug-likeness (QED) is 0.103. The molecule has 1 amide bonds. The second kappa shape index (κ2) is 26.5. The number of carbonyl (C=O) groups is 5. The molecule has 0 aromatic rings. The van der Waals surface area contributed by atoms with E-state index in [4.69, 9.17) is 28.1 Å². The number of nitrogens with zero attached hydrogens (tertiary/aromatic N) is 1. The molecule has 0 aromatic carbocycles. The van der Waals surface area contributed by atoms with Crippen molar-refractivity contribution in [3.63, 3.8) is 0 Å². The zero-order valence-corrected chi connectivity index (χ0v) is 45.1. The van der Waals surface area contributed by atoms with E-state index >= 15 is 0 Å². The second-order valence-corrected chi connectivity index (χ2v) is 26.3. The number of allylic oxidation sites excluding steroid dienone is 6. The number of hydrogen-bond donors (Lipinski definition) is 2. The highest BCUT2D eigenvalue weighted by atomic mass is 28.4. The van der Waals surface area contributed by atoms with Crippen molar-refractivity contribution in [3.8, 4) is 0 Å². The van der Waals surface area contributed by atoms with Crippen molar-refractivity contribution >= 4 is 37.5 Å². The summed E-state index contributed by atoms with van der Waals surface area (Å²) in [5.41, 5.74) is 1.29. The molecule has 3 heterocycles. The molecule has 2 saturated heterocycles. The van der Waals surface area contributed by atoms with Gasteiger partial charge in [-0.05, 0) is 127 Å². The summed E-state index contributed by atoms with van der Waals surface area (Å²) >= 11 is 0. The molecule has 4 rings (SSSR count). The zero-order valence-electron chi connectivity index (χ0n) is 44.1. The maximum absolute atomic E-state index is 14.5. The van der Waals surface area contributed by atoms with E-state index in [0.717, 1.165) is 24.8 Å². The van der Waals surface area contributed by atoms with Crippen LogP contribution in [0.3, 0.4) is 0 Å². The number of Topliss-reactive ketones (excluding diaryl/α,β-unsaturated/α-hetero) is 3. The fourth-order valence-corrected chi connectivity index (χ4v) is 11.9. The van der Waals surface area contributed by atoms with Crippen molar-refractivity contribution in [2.45, 2.75) is 200 Å². The number of amides is 1. The molecular formula is C54H87NO13Si. The summed E-state index contributed by atoms with van der Waals surface area (Å²) in [5, 5.41) is 23.5. The van der Waals surface area contributed by atoms with Crippen molar-refractivity contribution in [1.82, 2.24) is 4.90 Å². The van der Waals surface area contributed by atoms with E-state index in [0.29, 0.717) is 50.5 Å². The van der Waals surface area contributed by atoms with Crippen LogP contribution in [0, 0.1) is 35.5 Å². The molecule has 15 atom stereocenters. The highest BCUT2D eigenvalue weighted by Gasteiger charge is 2.53. The monoisotopic (exact) mass is 986 g/mol. The summed E-state index contributed by atoms with van der Waals surface area (Å²) < 4.78 is 36.4. The minimum Gasteiger partial charge on any atom is -0.460 e. The van der Waals surface area contributed by atoms with Crippen LogP contribution in [-0.4, -0.2) is 135 Å². The van der Waals surface area contributed by atoms with Crippen LogP contribution in [0.5, 0.6) is 0 Å². The lowest BCUT2D eigenvalue weighted by Crippen LogP contribution is -2.61. The van der Waals surface area contributed by atoms with Crippen LogP contribution in [-0.2, 0) is 52.1 Å². The third-order valence-corrected chi connectivity index (χ3v) is 16.0. The van der Waals surface area contributed by atoms with Crippen LogP contribution < -0.4 is 0 Å². The first-order valence-electron chi connectivity index (χ1n) is 25.6. The lowest BCUT2D eigenvalue weighted by atomic mass is 9.78. The maximum atomic E-state index is 14.5. The fourth-order valence-electron chi connectivity index (χ4n) is 10.7. The van der Waals surface area contributed by atoms with Gasteiger partial charge in [0, 0.05) is 58.5 Å². The average Bonchev–Trinajstić information content (AvgIpc) is 3.30. The van der Waals surface area contributed by atoms with Gasteiger partial charge < -0.3 is 43.2 Å². The Bertz CT molecular complexity index is 1870. The largest absolute Gasteiger partial charge is 0.460 e. The van der Waals surface area contributed by atoms with Crippen molar-refractivity contribution < 1.29 is 62.3 Å². The van der Waals surface area contributed by atoms with Gasteiger partial charge in [-0.25, -0.2) is 4.79 Å². The predicted molar refractivity (Wildman–Crippen MR) is 267 cm³/mol. The Balaban J connectivity index is 1.70. The third kappa shape index (κ3) is 16.2. The number of ether oxygens (including phenoxy) is 5. The van der Waals surface area contributed by atoms with Crippen LogP contribution in [0.2, 0.25) is 19.6 Å². The van der Waals surface area contributed by atoms with Gasteiger partial charge in [-0.15, -0.1) is 0 Å². The Kier molecular flexibility index (Phi) is 22.4. The fraction of sp³-hybridized carbons (Fsp3) is 0.759. The van der Waals surface area contributed by atoms with Crippen LogP contribution in [0.4, 0.5) is 0 Å². The molecule has 3 fully saturated rings. The molecule has 2 N–H and O–H groups in total. The number of cyclic esters (lactones) is 1. The lowest BCUT2D eigenvalue weighted by Gasteiger charge is -2.42. The van der Waals surface area contributed by atoms with E-state index in [1.807, 2.05) is 58.1 Å². The molecule has 15 heteroatoms. The molecule has 2 bridgehead atoms. The topological polar surface area (TPSA) is 184 Å². The Morgan fingerprint density at radius 3 is 2.20 bits per heavy atom. The number of ketones is 3. The number of fused-ring (bicyclic) bond motifs is 3. The summed E-state index contributed by atoms with van der Waals surface area (Å²) in [5.74, 6) is -7.72. The smallest absolute Gasteiger partial charge is 0.329 e. The van der Waals surface area contributed by atoms with Gasteiger partial charge in [-0.3, -0.25) is 19.2 Å². The first-order valence-corrected chi connectivity index (χ1v) is 29.0. The number of rotatable bonds is 8. The Labute approximate surface area is 414 Å². The van der Waals surface area contributed by atoms with Crippen molar-refractivity contribution in [3.05, 3.63) is 47.6 Å². The number of aliphatic hydroxyl groups excluding tert-OH is 1. The summed E-state index contributed by atoms with van der Waals surface area (Å²) in [4.78, 5) is 72.4. The van der Waals surface area contributed by atoms with Gasteiger partial charge >= 0.3 is 5.97 Å². The number of aliphatic hydroxyl groups is 2. The number of methoxy groups -OCH3 is 3. The van der Waals surface area contributed by atoms with Gasteiger partial charge in [0.05, 0.1) is 24.4 Å². The number of carbonyl (C=O) groups excluding carboxylic acids is 5. The molecule has 390 valence electrons. The van der Waals surface area contributed by atoms with Crippen molar-refractivity contribution in [2.75, 3.05) is 27.9 Å². The molecule has 14 nitrogen and oxygen atoms in total. The van der Waals surface area contributed by atoms with Crippen molar-refractivity contribution in [1.29, 1.82) is 0 Å². The van der Waals surface area contributed by atoms with Crippen molar-refractivity contribution in [2.24, 2.45) is 35.5 Å². The minimum absolute atomic E-state index is 0.0132. The Morgan fingerprint density at radius 1 is 0.841 bits per heavy atom. The molecule has 0 radical (unpaired) electrons. The van der Waals surface area contributed by atoms with Crippen LogP contribution in [0.1, 0.15) is 126 Å². The summed E-state index contributed by atoms with van der Waals surface area (Å²) in [6, 6.07) is -1.13. The summed E-state index contributed by atoms with van der Waals surface area (Å²) in [6.45, 7) is 19.4. The number of piperidine rings is 1. The predicted octanol–water partition coefficient (Wildman–Crippen LogP) is 8.04. The van der Waals surface area contributed by atoms with Crippen LogP contribution in [0.25, 0.3) is 0 Å². The van der Waals surface area contributed by atoms with E-state index < -0.39 is 86.1 Å². The lowest BCUT2D eigenvalue weighted by molar-refractivity contribution is -0.265. The second-order valence-electron chi connectivity index (χ2n) is 21.8. The minimum atomic E-state index is -2.42. The molecule has 69 heavy (non-hydrogen) atoms. The van der Waals surface area contributed by atoms with E-state index in [9.17, 15) is 34.2 Å². The van der Waals surface area contributed by atoms with Gasteiger partial charge in [0.25, 0.3) is 11.7 Å². The average molecular weight is 986 g/mol.